The predicted octanol–water partition coefficient (Wildman–Crippen LogP) is 3.20. The molecule has 154 valence electrons. The highest BCUT2D eigenvalue weighted by molar-refractivity contribution is 5.94. The van der Waals surface area contributed by atoms with Gasteiger partial charge in [0.25, 0.3) is 5.91 Å². The van der Waals surface area contributed by atoms with Gasteiger partial charge in [0.05, 0.1) is 6.42 Å². The van der Waals surface area contributed by atoms with Gasteiger partial charge in [-0.1, -0.05) is 24.3 Å². The molecule has 3 aromatic rings. The maximum atomic E-state index is 12.5. The normalized spacial score (nSPS) is 13.6. The first-order valence-corrected chi connectivity index (χ1v) is 10.2. The molecule has 1 N–H and O–H groups in total. The molecule has 2 aromatic carbocycles. The highest BCUT2D eigenvalue weighted by Crippen LogP contribution is 2.19. The van der Waals surface area contributed by atoms with Crippen LogP contribution in [-0.4, -0.2) is 29.8 Å². The second-order valence-corrected chi connectivity index (χ2v) is 7.74. The van der Waals surface area contributed by atoms with Crippen LogP contribution in [0.3, 0.4) is 0 Å². The summed E-state index contributed by atoms with van der Waals surface area (Å²) in [5.74, 6) is -0.118. The molecular weight excluding hydrogens is 380 g/mol. The summed E-state index contributed by atoms with van der Waals surface area (Å²) in [5.41, 5.74) is 3.24. The van der Waals surface area contributed by atoms with Crippen LogP contribution in [0.5, 0.6) is 0 Å². The average Bonchev–Trinajstić information content (AvgIpc) is 3.26. The Morgan fingerprint density at radius 3 is 2.50 bits per heavy atom. The maximum absolute atomic E-state index is 12.5. The van der Waals surface area contributed by atoms with Crippen molar-refractivity contribution in [2.24, 2.45) is 0 Å². The number of fused-ring (bicyclic) bond motifs is 1. The fraction of sp³-hybridized carbons (Fsp3) is 0.292. The summed E-state index contributed by atoms with van der Waals surface area (Å²) in [6.07, 6.45) is 2.22. The minimum Gasteiger partial charge on any atom is -0.423 e. The standard InChI is InChI=1S/C24H24N2O4/c1-16-4-9-20-19(14-23(28)30-21(20)12-16)13-22(27)25-15-17-5-7-18(8-6-17)24(29)26-10-2-3-11-26/h4-9,12,14H,2-3,10-11,13,15H2,1H3,(H,25,27). The zero-order valence-corrected chi connectivity index (χ0v) is 16.9. The van der Waals surface area contributed by atoms with Crippen LogP contribution < -0.4 is 10.9 Å². The summed E-state index contributed by atoms with van der Waals surface area (Å²) in [5, 5.41) is 3.64. The van der Waals surface area contributed by atoms with E-state index in [4.69, 9.17) is 4.42 Å². The smallest absolute Gasteiger partial charge is 0.336 e. The van der Waals surface area contributed by atoms with E-state index in [1.54, 1.807) is 18.2 Å². The lowest BCUT2D eigenvalue weighted by Crippen LogP contribution is -2.27. The lowest BCUT2D eigenvalue weighted by molar-refractivity contribution is -0.120. The summed E-state index contributed by atoms with van der Waals surface area (Å²) in [7, 11) is 0. The monoisotopic (exact) mass is 404 g/mol. The first-order valence-electron chi connectivity index (χ1n) is 10.2. The van der Waals surface area contributed by atoms with Crippen LogP contribution in [0.2, 0.25) is 0 Å². The number of benzene rings is 2. The molecule has 0 radical (unpaired) electrons. The van der Waals surface area contributed by atoms with Crippen LogP contribution in [0.4, 0.5) is 0 Å². The van der Waals surface area contributed by atoms with Gasteiger partial charge in [-0.3, -0.25) is 9.59 Å². The number of nitrogens with one attached hydrogen (secondary N) is 1. The Bertz CT molecular complexity index is 1140. The molecule has 0 atom stereocenters. The number of carbonyl (C=O) groups excluding carboxylic acids is 2. The first-order chi connectivity index (χ1) is 14.5. The summed E-state index contributed by atoms with van der Waals surface area (Å²) in [6.45, 7) is 3.92. The molecule has 0 bridgehead atoms. The molecule has 0 unspecified atom stereocenters. The van der Waals surface area contributed by atoms with E-state index in [1.165, 1.54) is 6.07 Å². The molecule has 6 heteroatoms. The van der Waals surface area contributed by atoms with Gasteiger partial charge in [-0.2, -0.15) is 0 Å². The molecule has 0 spiro atoms. The number of rotatable bonds is 5. The van der Waals surface area contributed by atoms with E-state index in [2.05, 4.69) is 5.32 Å². The summed E-state index contributed by atoms with van der Waals surface area (Å²) < 4.78 is 5.24. The van der Waals surface area contributed by atoms with Crippen LogP contribution >= 0.6 is 0 Å². The van der Waals surface area contributed by atoms with Crippen LogP contribution in [0, 0.1) is 6.92 Å². The molecule has 1 aliphatic heterocycles. The lowest BCUT2D eigenvalue weighted by atomic mass is 10.1. The Kier molecular flexibility index (Phi) is 5.65. The zero-order chi connectivity index (χ0) is 21.1. The van der Waals surface area contributed by atoms with Crippen LogP contribution in [-0.2, 0) is 17.8 Å². The Balaban J connectivity index is 1.39. The zero-order valence-electron chi connectivity index (χ0n) is 16.9. The van der Waals surface area contributed by atoms with Crippen LogP contribution in [0.25, 0.3) is 11.0 Å². The van der Waals surface area contributed by atoms with Gasteiger partial charge in [0.1, 0.15) is 5.58 Å². The first kappa shape index (κ1) is 19.9. The van der Waals surface area contributed by atoms with Gasteiger partial charge >= 0.3 is 5.63 Å². The molecule has 1 aromatic heterocycles. The minimum absolute atomic E-state index is 0.0631. The number of nitrogens with zero attached hydrogens (tertiary/aromatic N) is 1. The molecule has 0 saturated carbocycles. The van der Waals surface area contributed by atoms with E-state index >= 15 is 0 Å². The van der Waals surface area contributed by atoms with E-state index in [1.807, 2.05) is 36.1 Å². The van der Waals surface area contributed by atoms with Crippen molar-refractivity contribution >= 4 is 22.8 Å². The van der Waals surface area contributed by atoms with E-state index in [9.17, 15) is 14.4 Å². The van der Waals surface area contributed by atoms with Gasteiger partial charge < -0.3 is 14.6 Å². The topological polar surface area (TPSA) is 79.6 Å². The van der Waals surface area contributed by atoms with Crippen molar-refractivity contribution in [3.8, 4) is 0 Å². The summed E-state index contributed by atoms with van der Waals surface area (Å²) in [4.78, 5) is 38.6. The molecule has 30 heavy (non-hydrogen) atoms. The minimum atomic E-state index is -0.464. The number of likely N-dealkylation sites (tertiary alicyclic amines) is 1. The second-order valence-electron chi connectivity index (χ2n) is 7.74. The van der Waals surface area contributed by atoms with E-state index in [0.29, 0.717) is 23.3 Å². The number of carbonyl (C=O) groups is 2. The van der Waals surface area contributed by atoms with Gasteiger partial charge in [-0.05, 0) is 54.7 Å². The van der Waals surface area contributed by atoms with Gasteiger partial charge in [-0.25, -0.2) is 4.79 Å². The summed E-state index contributed by atoms with van der Waals surface area (Å²) >= 11 is 0. The molecule has 1 saturated heterocycles. The predicted molar refractivity (Wildman–Crippen MR) is 114 cm³/mol. The molecule has 1 fully saturated rings. The second kappa shape index (κ2) is 8.53. The fourth-order valence-electron chi connectivity index (χ4n) is 3.79. The quantitative estimate of drug-likeness (QED) is 0.663. The van der Waals surface area contributed by atoms with Crippen molar-refractivity contribution in [2.75, 3.05) is 13.1 Å². The largest absolute Gasteiger partial charge is 0.423 e. The van der Waals surface area contributed by atoms with Crippen LogP contribution in [0.15, 0.2) is 57.7 Å². The average molecular weight is 404 g/mol. The van der Waals surface area contributed by atoms with Crippen molar-refractivity contribution in [3.63, 3.8) is 0 Å². The lowest BCUT2D eigenvalue weighted by Gasteiger charge is -2.15. The molecule has 6 nitrogen and oxygen atoms in total. The van der Waals surface area contributed by atoms with Crippen molar-refractivity contribution in [1.29, 1.82) is 0 Å². The van der Waals surface area contributed by atoms with Gasteiger partial charge in [0.15, 0.2) is 0 Å². The SMILES string of the molecule is Cc1ccc2c(CC(=O)NCc3ccc(C(=O)N4CCCC4)cc3)cc(=O)oc2c1. The van der Waals surface area contributed by atoms with Crippen molar-refractivity contribution < 1.29 is 14.0 Å². The fourth-order valence-corrected chi connectivity index (χ4v) is 3.79. The molecule has 4 rings (SSSR count). The van der Waals surface area contributed by atoms with Crippen molar-refractivity contribution in [1.82, 2.24) is 10.2 Å². The van der Waals surface area contributed by atoms with E-state index < -0.39 is 5.63 Å². The van der Waals surface area contributed by atoms with Crippen molar-refractivity contribution in [3.05, 3.63) is 81.2 Å². The van der Waals surface area contributed by atoms with Gasteiger partial charge in [0, 0.05) is 36.7 Å². The third-order valence-corrected chi connectivity index (χ3v) is 5.42. The molecule has 1 aliphatic rings. The highest BCUT2D eigenvalue weighted by Gasteiger charge is 2.19. The third kappa shape index (κ3) is 4.43. The Labute approximate surface area is 174 Å². The Morgan fingerprint density at radius 1 is 1.03 bits per heavy atom. The number of hydrogen-bond acceptors (Lipinski definition) is 4. The van der Waals surface area contributed by atoms with Gasteiger partial charge in [-0.15, -0.1) is 0 Å². The molecular formula is C24H24N2O4. The van der Waals surface area contributed by atoms with Crippen molar-refractivity contribution in [2.45, 2.75) is 32.7 Å². The Morgan fingerprint density at radius 2 is 1.77 bits per heavy atom. The van der Waals surface area contributed by atoms with Crippen LogP contribution in [0.1, 0.15) is 39.9 Å². The Hall–Kier alpha value is -3.41. The van der Waals surface area contributed by atoms with E-state index in [0.717, 1.165) is 42.4 Å². The number of amides is 2. The third-order valence-electron chi connectivity index (χ3n) is 5.42. The molecule has 2 amide bonds. The highest BCUT2D eigenvalue weighted by atomic mass is 16.4. The van der Waals surface area contributed by atoms with E-state index in [-0.39, 0.29) is 18.2 Å². The summed E-state index contributed by atoms with van der Waals surface area (Å²) in [6, 6.07) is 14.3. The van der Waals surface area contributed by atoms with Gasteiger partial charge in [0.2, 0.25) is 5.91 Å². The number of hydrogen-bond donors (Lipinski definition) is 1. The maximum Gasteiger partial charge on any atom is 0.336 e. The number of aryl methyl sites for hydroxylation is 1. The molecule has 0 aliphatic carbocycles. The molecule has 2 heterocycles.